The highest BCUT2D eigenvalue weighted by molar-refractivity contribution is 5.68. The van der Waals surface area contributed by atoms with E-state index in [9.17, 15) is 9.90 Å². The van der Waals surface area contributed by atoms with Crippen LogP contribution in [0.1, 0.15) is 78.9 Å². The molecule has 1 aromatic rings. The highest BCUT2D eigenvalue weighted by Gasteiger charge is 2.56. The van der Waals surface area contributed by atoms with Crippen LogP contribution in [0.15, 0.2) is 29.8 Å². The van der Waals surface area contributed by atoms with Crippen molar-refractivity contribution in [2.75, 3.05) is 39.5 Å². The number of nitrogens with zero attached hydrogens (tertiary/aromatic N) is 1. The molecule has 1 spiro atoms. The third-order valence-electron chi connectivity index (χ3n) is 7.57. The first-order chi connectivity index (χ1) is 18.0. The number of amides is 1. The van der Waals surface area contributed by atoms with Crippen LogP contribution in [0.25, 0.3) is 0 Å². The maximum Gasteiger partial charge on any atom is 0.410 e. The maximum absolute atomic E-state index is 12.9. The van der Waals surface area contributed by atoms with Gasteiger partial charge >= 0.3 is 6.09 Å². The fraction of sp³-hybridized carbons (Fsp3) is 0.700. The molecule has 3 aliphatic rings. The number of ether oxygens (including phenoxy) is 5. The first-order valence-corrected chi connectivity index (χ1v) is 13.9. The average molecular weight is 532 g/mol. The molecule has 1 amide bonds. The van der Waals surface area contributed by atoms with E-state index in [2.05, 4.69) is 26.8 Å². The Labute approximate surface area is 227 Å². The number of benzene rings is 1. The van der Waals surface area contributed by atoms with Crippen LogP contribution in [0.5, 0.6) is 11.5 Å². The molecule has 1 N–H and O–H groups in total. The minimum absolute atomic E-state index is 0.0144. The van der Waals surface area contributed by atoms with E-state index < -0.39 is 16.8 Å². The van der Waals surface area contributed by atoms with Gasteiger partial charge in [-0.05, 0) is 66.9 Å². The third-order valence-corrected chi connectivity index (χ3v) is 7.57. The highest BCUT2D eigenvalue weighted by atomic mass is 16.6. The van der Waals surface area contributed by atoms with Crippen LogP contribution in [0, 0.1) is 5.92 Å². The number of morpholine rings is 1. The summed E-state index contributed by atoms with van der Waals surface area (Å²) in [5.74, 6) is 1.42. The Balaban J connectivity index is 1.62. The molecule has 3 heterocycles. The van der Waals surface area contributed by atoms with Crippen LogP contribution >= 0.6 is 0 Å². The fourth-order valence-electron chi connectivity index (χ4n) is 5.72. The predicted octanol–water partition coefficient (Wildman–Crippen LogP) is 5.43. The van der Waals surface area contributed by atoms with Crippen LogP contribution in [-0.4, -0.2) is 72.4 Å². The van der Waals surface area contributed by atoms with Gasteiger partial charge in [-0.3, -0.25) is 0 Å². The summed E-state index contributed by atoms with van der Waals surface area (Å²) in [6.07, 6.45) is 4.69. The van der Waals surface area contributed by atoms with E-state index in [4.69, 9.17) is 23.7 Å². The Morgan fingerprint density at radius 3 is 2.79 bits per heavy atom. The zero-order valence-electron chi connectivity index (χ0n) is 23.9. The van der Waals surface area contributed by atoms with E-state index in [1.54, 1.807) is 4.90 Å². The Bertz CT molecular complexity index is 1010. The molecule has 4 rings (SSSR count). The summed E-state index contributed by atoms with van der Waals surface area (Å²) in [6.45, 7) is 14.2. The summed E-state index contributed by atoms with van der Waals surface area (Å²) in [7, 11) is 0. The number of allylic oxidation sites excluding steroid dienone is 2. The van der Waals surface area contributed by atoms with Gasteiger partial charge in [0, 0.05) is 31.1 Å². The summed E-state index contributed by atoms with van der Waals surface area (Å²) in [5, 5.41) is 9.21. The first kappa shape index (κ1) is 28.7. The van der Waals surface area contributed by atoms with Gasteiger partial charge in [-0.1, -0.05) is 23.8 Å². The highest BCUT2D eigenvalue weighted by Crippen LogP contribution is 2.55. The molecule has 0 unspecified atom stereocenters. The zero-order valence-corrected chi connectivity index (χ0v) is 23.9. The normalized spacial score (nSPS) is 28.7. The molecule has 2 saturated heterocycles. The topological polar surface area (TPSA) is 86.7 Å². The number of para-hydroxylation sites is 1. The third kappa shape index (κ3) is 6.46. The molecule has 4 atom stereocenters. The number of fused-ring (bicyclic) bond motifs is 3. The van der Waals surface area contributed by atoms with Gasteiger partial charge in [0.1, 0.15) is 16.8 Å². The van der Waals surface area contributed by atoms with Gasteiger partial charge < -0.3 is 33.7 Å². The van der Waals surface area contributed by atoms with Crippen molar-refractivity contribution in [2.24, 2.45) is 5.92 Å². The van der Waals surface area contributed by atoms with Gasteiger partial charge in [-0.2, -0.15) is 0 Å². The van der Waals surface area contributed by atoms with Crippen molar-refractivity contribution in [3.8, 4) is 11.5 Å². The molecule has 1 aromatic carbocycles. The van der Waals surface area contributed by atoms with E-state index in [1.165, 1.54) is 5.57 Å². The Hall–Kier alpha value is -2.29. The summed E-state index contributed by atoms with van der Waals surface area (Å²) in [4.78, 5) is 14.7. The molecule has 0 aliphatic carbocycles. The standard InChI is InChI=1S/C30H45NO7/c1-21(2)10-8-13-29(6)23-18-30(19-31(14-17-36-30)27(33)38-28(3,4)5)20-35-25(23)22-11-7-12-24(26(22)37-29)34-16-9-15-32/h7,10-12,23,25,32H,8-9,13-20H2,1-6H3/t23-,25+,29+,30+/m0/s1. The molecule has 3 aliphatic heterocycles. The second-order valence-corrected chi connectivity index (χ2v) is 12.3. The van der Waals surface area contributed by atoms with E-state index in [1.807, 2.05) is 39.0 Å². The molecule has 8 heteroatoms. The molecule has 212 valence electrons. The first-order valence-electron chi connectivity index (χ1n) is 13.9. The van der Waals surface area contributed by atoms with E-state index in [-0.39, 0.29) is 24.7 Å². The zero-order chi connectivity index (χ0) is 27.6. The van der Waals surface area contributed by atoms with Gasteiger partial charge in [0.05, 0.1) is 32.5 Å². The van der Waals surface area contributed by atoms with Crippen LogP contribution in [0.2, 0.25) is 0 Å². The number of rotatable bonds is 7. The minimum Gasteiger partial charge on any atom is -0.490 e. The maximum atomic E-state index is 12.9. The molecule has 0 saturated carbocycles. The summed E-state index contributed by atoms with van der Waals surface area (Å²) >= 11 is 0. The van der Waals surface area contributed by atoms with Crippen LogP contribution in [-0.2, 0) is 14.2 Å². The number of carbonyl (C=O) groups excluding carboxylic acids is 1. The number of aliphatic hydroxyl groups is 1. The SMILES string of the molecule is CC(C)=CCC[C@@]1(C)Oc2c(OCCCO)cccc2[C@H]2OC[C@@]3(C[C@@H]21)CN(C(=O)OC(C)(C)C)CCO3. The van der Waals surface area contributed by atoms with Gasteiger partial charge in [-0.15, -0.1) is 0 Å². The Morgan fingerprint density at radius 1 is 1.29 bits per heavy atom. The predicted molar refractivity (Wildman–Crippen MR) is 145 cm³/mol. The Morgan fingerprint density at radius 2 is 2.08 bits per heavy atom. The summed E-state index contributed by atoms with van der Waals surface area (Å²) in [5.41, 5.74) is 0.535. The van der Waals surface area contributed by atoms with Crippen molar-refractivity contribution >= 4 is 6.09 Å². The average Bonchev–Trinajstić information content (AvgIpc) is 2.84. The summed E-state index contributed by atoms with van der Waals surface area (Å²) in [6, 6.07) is 5.93. The molecular weight excluding hydrogens is 486 g/mol. The minimum atomic E-state index is -0.621. The van der Waals surface area contributed by atoms with Crippen LogP contribution in [0.3, 0.4) is 0 Å². The van der Waals surface area contributed by atoms with Crippen LogP contribution in [0.4, 0.5) is 4.79 Å². The smallest absolute Gasteiger partial charge is 0.410 e. The molecule has 38 heavy (non-hydrogen) atoms. The number of carbonyl (C=O) groups is 1. The van der Waals surface area contributed by atoms with Crippen LogP contribution < -0.4 is 9.47 Å². The lowest BCUT2D eigenvalue weighted by molar-refractivity contribution is -0.231. The number of aliphatic hydroxyl groups excluding tert-OH is 1. The molecule has 2 fully saturated rings. The van der Waals surface area contributed by atoms with Crippen molar-refractivity contribution in [3.63, 3.8) is 0 Å². The van der Waals surface area contributed by atoms with Crippen molar-refractivity contribution in [2.45, 2.75) is 90.1 Å². The number of hydrogen-bond donors (Lipinski definition) is 1. The lowest BCUT2D eigenvalue weighted by Gasteiger charge is -2.55. The number of hydrogen-bond acceptors (Lipinski definition) is 7. The van der Waals surface area contributed by atoms with Crippen molar-refractivity contribution in [3.05, 3.63) is 35.4 Å². The van der Waals surface area contributed by atoms with E-state index in [0.717, 1.165) is 24.2 Å². The molecular formula is C30H45NO7. The van der Waals surface area contributed by atoms with Crippen molar-refractivity contribution < 1.29 is 33.6 Å². The quantitative estimate of drug-likeness (QED) is 0.371. The largest absolute Gasteiger partial charge is 0.490 e. The molecule has 0 bridgehead atoms. The second-order valence-electron chi connectivity index (χ2n) is 12.3. The van der Waals surface area contributed by atoms with E-state index in [0.29, 0.717) is 51.5 Å². The van der Waals surface area contributed by atoms with Gasteiger partial charge in [-0.25, -0.2) is 4.79 Å². The van der Waals surface area contributed by atoms with Crippen molar-refractivity contribution in [1.82, 2.24) is 4.90 Å². The molecule has 0 aromatic heterocycles. The van der Waals surface area contributed by atoms with E-state index >= 15 is 0 Å². The van der Waals surface area contributed by atoms with Gasteiger partial charge in [0.15, 0.2) is 11.5 Å². The molecule has 8 nitrogen and oxygen atoms in total. The molecule has 0 radical (unpaired) electrons. The van der Waals surface area contributed by atoms with Crippen molar-refractivity contribution in [1.29, 1.82) is 0 Å². The van der Waals surface area contributed by atoms with Gasteiger partial charge in [0.25, 0.3) is 0 Å². The summed E-state index contributed by atoms with van der Waals surface area (Å²) < 4.78 is 31.6. The monoisotopic (exact) mass is 531 g/mol. The lowest BCUT2D eigenvalue weighted by atomic mass is 9.69. The Kier molecular flexibility index (Phi) is 8.65. The van der Waals surface area contributed by atoms with Gasteiger partial charge in [0.2, 0.25) is 0 Å². The second kappa shape index (κ2) is 11.4. The lowest BCUT2D eigenvalue weighted by Crippen LogP contribution is -2.63. The fourth-order valence-corrected chi connectivity index (χ4v) is 5.72.